The van der Waals surface area contributed by atoms with Gasteiger partial charge in [-0.2, -0.15) is 0 Å². The molecule has 110 valence electrons. The molecule has 0 fully saturated rings. The lowest BCUT2D eigenvalue weighted by molar-refractivity contribution is 0.990. The molecule has 0 saturated heterocycles. The fourth-order valence-electron chi connectivity index (χ4n) is 3.13. The van der Waals surface area contributed by atoms with Gasteiger partial charge in [-0.3, -0.25) is 4.99 Å². The lowest BCUT2D eigenvalue weighted by Gasteiger charge is -2.20. The molecule has 0 bridgehead atoms. The Labute approximate surface area is 138 Å². The number of aliphatic imine (C=N–C) groups is 1. The highest BCUT2D eigenvalue weighted by molar-refractivity contribution is 9.10. The van der Waals surface area contributed by atoms with Gasteiger partial charge in [0.15, 0.2) is 0 Å². The minimum Gasteiger partial charge on any atom is -0.399 e. The third-order valence-corrected chi connectivity index (χ3v) is 4.69. The van der Waals surface area contributed by atoms with Gasteiger partial charge in [-0.05, 0) is 59.0 Å². The van der Waals surface area contributed by atoms with Gasteiger partial charge in [0, 0.05) is 34.8 Å². The van der Waals surface area contributed by atoms with Crippen LogP contribution < -0.4 is 10.6 Å². The van der Waals surface area contributed by atoms with E-state index < -0.39 is 0 Å². The number of anilines is 2. The summed E-state index contributed by atoms with van der Waals surface area (Å²) >= 11 is 3.57. The molecule has 0 atom stereocenters. The standard InChI is InChI=1S/C18H16BrN3/c19-15-2-1-13-9-21-10-14(17(13)8-15)11-22-6-5-12-7-16(20)3-4-18(12)22/h1-4,7-9,11H,5-6,10,20H2. The van der Waals surface area contributed by atoms with Crippen molar-refractivity contribution < 1.29 is 0 Å². The second-order valence-electron chi connectivity index (χ2n) is 5.69. The van der Waals surface area contributed by atoms with Gasteiger partial charge in [0.2, 0.25) is 0 Å². The summed E-state index contributed by atoms with van der Waals surface area (Å²) in [4.78, 5) is 6.80. The third kappa shape index (κ3) is 2.33. The predicted molar refractivity (Wildman–Crippen MR) is 96.5 cm³/mol. The number of nitrogens with zero attached hydrogens (tertiary/aromatic N) is 2. The van der Waals surface area contributed by atoms with E-state index >= 15 is 0 Å². The van der Waals surface area contributed by atoms with E-state index in [0.29, 0.717) is 0 Å². The van der Waals surface area contributed by atoms with Crippen molar-refractivity contribution in [2.75, 3.05) is 23.7 Å². The average Bonchev–Trinajstić information content (AvgIpc) is 2.90. The maximum atomic E-state index is 5.88. The number of rotatable bonds is 1. The van der Waals surface area contributed by atoms with Crippen LogP contribution in [0, 0.1) is 0 Å². The summed E-state index contributed by atoms with van der Waals surface area (Å²) < 4.78 is 1.10. The molecule has 2 N–H and O–H groups in total. The SMILES string of the molecule is Nc1ccc2c(c1)CCN2C=C1CN=Cc2ccc(Br)cc21. The van der Waals surface area contributed by atoms with Crippen LogP contribution in [0.3, 0.4) is 0 Å². The molecule has 0 amide bonds. The first-order valence-corrected chi connectivity index (χ1v) is 8.15. The Morgan fingerprint density at radius 1 is 1.18 bits per heavy atom. The average molecular weight is 354 g/mol. The monoisotopic (exact) mass is 353 g/mol. The first kappa shape index (κ1) is 13.6. The molecule has 0 spiro atoms. The van der Waals surface area contributed by atoms with Crippen molar-refractivity contribution in [3.05, 3.63) is 63.8 Å². The molecule has 3 nitrogen and oxygen atoms in total. The molecule has 2 aromatic carbocycles. The van der Waals surface area contributed by atoms with Crippen molar-refractivity contribution in [3.63, 3.8) is 0 Å². The number of halogens is 1. The maximum Gasteiger partial charge on any atom is 0.0660 e. The Morgan fingerprint density at radius 3 is 3.00 bits per heavy atom. The number of nitrogen functional groups attached to an aromatic ring is 1. The molecule has 4 rings (SSSR count). The number of hydrogen-bond acceptors (Lipinski definition) is 3. The lowest BCUT2D eigenvalue weighted by atomic mass is 9.98. The van der Waals surface area contributed by atoms with Crippen molar-refractivity contribution in [2.45, 2.75) is 6.42 Å². The Kier molecular flexibility index (Phi) is 3.26. The van der Waals surface area contributed by atoms with Crippen LogP contribution in [-0.4, -0.2) is 19.3 Å². The van der Waals surface area contributed by atoms with Crippen LogP contribution in [-0.2, 0) is 6.42 Å². The Hall–Kier alpha value is -2.07. The number of nitrogens with two attached hydrogens (primary N) is 1. The van der Waals surface area contributed by atoms with E-state index in [1.165, 1.54) is 28.0 Å². The van der Waals surface area contributed by atoms with Gasteiger partial charge in [0.25, 0.3) is 0 Å². The topological polar surface area (TPSA) is 41.6 Å². The number of fused-ring (bicyclic) bond motifs is 2. The van der Waals surface area contributed by atoms with Crippen LogP contribution in [0.1, 0.15) is 16.7 Å². The Bertz CT molecular complexity index is 808. The highest BCUT2D eigenvalue weighted by Gasteiger charge is 2.19. The summed E-state index contributed by atoms with van der Waals surface area (Å²) in [5.74, 6) is 0. The first-order chi connectivity index (χ1) is 10.7. The molecule has 0 unspecified atom stereocenters. The molecule has 22 heavy (non-hydrogen) atoms. The van der Waals surface area contributed by atoms with E-state index in [9.17, 15) is 0 Å². The van der Waals surface area contributed by atoms with Crippen molar-refractivity contribution in [1.29, 1.82) is 0 Å². The van der Waals surface area contributed by atoms with Gasteiger partial charge in [0.1, 0.15) is 0 Å². The fraction of sp³-hybridized carbons (Fsp3) is 0.167. The molecular weight excluding hydrogens is 338 g/mol. The van der Waals surface area contributed by atoms with E-state index in [1.807, 2.05) is 12.3 Å². The summed E-state index contributed by atoms with van der Waals surface area (Å²) in [6, 6.07) is 12.5. The van der Waals surface area contributed by atoms with Crippen LogP contribution >= 0.6 is 15.9 Å². The van der Waals surface area contributed by atoms with E-state index in [2.05, 4.69) is 62.4 Å². The van der Waals surface area contributed by atoms with Gasteiger partial charge in [0.05, 0.1) is 6.54 Å². The van der Waals surface area contributed by atoms with Gasteiger partial charge in [-0.15, -0.1) is 0 Å². The number of hydrogen-bond donors (Lipinski definition) is 1. The van der Waals surface area contributed by atoms with Crippen molar-refractivity contribution in [2.24, 2.45) is 4.99 Å². The normalized spacial score (nSPS) is 17.7. The molecule has 0 radical (unpaired) electrons. The van der Waals surface area contributed by atoms with Gasteiger partial charge >= 0.3 is 0 Å². The molecule has 4 heteroatoms. The van der Waals surface area contributed by atoms with Crippen molar-refractivity contribution >= 4 is 39.1 Å². The van der Waals surface area contributed by atoms with Gasteiger partial charge in [-0.25, -0.2) is 0 Å². The van der Waals surface area contributed by atoms with Crippen molar-refractivity contribution in [1.82, 2.24) is 0 Å². The summed E-state index contributed by atoms with van der Waals surface area (Å²) in [5.41, 5.74) is 13.0. The fourth-order valence-corrected chi connectivity index (χ4v) is 3.49. The first-order valence-electron chi connectivity index (χ1n) is 7.36. The number of benzene rings is 2. The van der Waals surface area contributed by atoms with E-state index in [4.69, 9.17) is 5.73 Å². The Balaban J connectivity index is 1.74. The third-order valence-electron chi connectivity index (χ3n) is 4.20. The minimum absolute atomic E-state index is 0.726. The zero-order valence-electron chi connectivity index (χ0n) is 12.1. The molecule has 2 aliphatic rings. The summed E-state index contributed by atoms with van der Waals surface area (Å²) in [6.07, 6.45) is 5.24. The van der Waals surface area contributed by atoms with Gasteiger partial charge in [-0.1, -0.05) is 22.0 Å². The van der Waals surface area contributed by atoms with Crippen molar-refractivity contribution in [3.8, 4) is 0 Å². The lowest BCUT2D eigenvalue weighted by Crippen LogP contribution is -2.15. The smallest absolute Gasteiger partial charge is 0.0660 e. The van der Waals surface area contributed by atoms with Crippen LogP contribution in [0.15, 0.2) is 52.1 Å². The molecule has 0 saturated carbocycles. The molecule has 2 aliphatic heterocycles. The van der Waals surface area contributed by atoms with Crippen LogP contribution in [0.4, 0.5) is 11.4 Å². The predicted octanol–water partition coefficient (Wildman–Crippen LogP) is 3.87. The maximum absolute atomic E-state index is 5.88. The molecular formula is C18H16BrN3. The zero-order chi connectivity index (χ0) is 15.1. The largest absolute Gasteiger partial charge is 0.399 e. The second-order valence-corrected chi connectivity index (χ2v) is 6.60. The van der Waals surface area contributed by atoms with Gasteiger partial charge < -0.3 is 10.6 Å². The summed E-state index contributed by atoms with van der Waals surface area (Å²) in [7, 11) is 0. The molecule has 0 aromatic heterocycles. The Morgan fingerprint density at radius 2 is 2.09 bits per heavy atom. The van der Waals surface area contributed by atoms with E-state index in [1.54, 1.807) is 0 Å². The van der Waals surface area contributed by atoms with E-state index in [0.717, 1.165) is 29.7 Å². The highest BCUT2D eigenvalue weighted by atomic mass is 79.9. The summed E-state index contributed by atoms with van der Waals surface area (Å²) in [5, 5.41) is 0. The van der Waals surface area contributed by atoms with Crippen LogP contribution in [0.25, 0.3) is 5.57 Å². The summed E-state index contributed by atoms with van der Waals surface area (Å²) in [6.45, 7) is 1.72. The van der Waals surface area contributed by atoms with Crippen LogP contribution in [0.5, 0.6) is 0 Å². The zero-order valence-corrected chi connectivity index (χ0v) is 13.7. The molecule has 0 aliphatic carbocycles. The minimum atomic E-state index is 0.726. The molecule has 2 heterocycles. The van der Waals surface area contributed by atoms with E-state index in [-0.39, 0.29) is 0 Å². The second kappa shape index (κ2) is 5.29. The van der Waals surface area contributed by atoms with Crippen LogP contribution in [0.2, 0.25) is 0 Å². The highest BCUT2D eigenvalue weighted by Crippen LogP contribution is 2.33. The molecule has 2 aromatic rings. The quantitative estimate of drug-likeness (QED) is 0.790.